The van der Waals surface area contributed by atoms with Crippen LogP contribution in [0.3, 0.4) is 0 Å². The predicted octanol–water partition coefficient (Wildman–Crippen LogP) is 2.40. The minimum atomic E-state index is -3.62. The van der Waals surface area contributed by atoms with Gasteiger partial charge in [0.15, 0.2) is 0 Å². The second-order valence-electron chi connectivity index (χ2n) is 7.47. The number of fused-ring (bicyclic) bond motifs is 1. The van der Waals surface area contributed by atoms with E-state index in [1.54, 1.807) is 35.2 Å². The third kappa shape index (κ3) is 4.11. The number of ether oxygens (including phenoxy) is 1. The molecule has 1 fully saturated rings. The van der Waals surface area contributed by atoms with E-state index in [-0.39, 0.29) is 23.9 Å². The van der Waals surface area contributed by atoms with E-state index in [1.807, 2.05) is 13.8 Å². The number of aryl methyl sites for hydroxylation is 2. The van der Waals surface area contributed by atoms with Crippen LogP contribution in [-0.4, -0.2) is 66.8 Å². The molecule has 1 aromatic heterocycles. The van der Waals surface area contributed by atoms with Gasteiger partial charge in [0, 0.05) is 31.7 Å². The number of amides is 1. The number of hydrogen-bond acceptors (Lipinski definition) is 6. The lowest BCUT2D eigenvalue weighted by Crippen LogP contribution is -2.50. The van der Waals surface area contributed by atoms with E-state index in [0.717, 1.165) is 16.9 Å². The molecule has 162 valence electrons. The van der Waals surface area contributed by atoms with Crippen LogP contribution in [0.4, 0.5) is 0 Å². The summed E-state index contributed by atoms with van der Waals surface area (Å²) in [5, 5.41) is 0. The Balaban J connectivity index is 1.47. The van der Waals surface area contributed by atoms with Crippen LogP contribution < -0.4 is 4.74 Å². The van der Waals surface area contributed by atoms with E-state index in [4.69, 9.17) is 4.74 Å². The molecule has 1 saturated heterocycles. The number of sulfonamides is 1. The SMILES string of the molecule is COc1ccc(S(=O)(=O)N2CCN(C(=O)c3ccc4nc(C)c(C)nc4c3)CC2)cc1. The Bertz CT molecular complexity index is 1230. The van der Waals surface area contributed by atoms with Crippen molar-refractivity contribution in [3.8, 4) is 5.75 Å². The first-order chi connectivity index (χ1) is 14.8. The van der Waals surface area contributed by atoms with Gasteiger partial charge in [-0.3, -0.25) is 4.79 Å². The first kappa shape index (κ1) is 21.2. The lowest BCUT2D eigenvalue weighted by atomic mass is 10.1. The molecular formula is C22H24N4O4S. The van der Waals surface area contributed by atoms with Gasteiger partial charge in [0.05, 0.1) is 34.4 Å². The largest absolute Gasteiger partial charge is 0.497 e. The minimum absolute atomic E-state index is 0.136. The van der Waals surface area contributed by atoms with Crippen LogP contribution in [0.5, 0.6) is 5.75 Å². The maximum atomic E-state index is 13.0. The molecule has 9 heteroatoms. The highest BCUT2D eigenvalue weighted by Crippen LogP contribution is 2.22. The zero-order valence-corrected chi connectivity index (χ0v) is 18.5. The van der Waals surface area contributed by atoms with Gasteiger partial charge in [0.2, 0.25) is 10.0 Å². The molecule has 0 aliphatic carbocycles. The van der Waals surface area contributed by atoms with Gasteiger partial charge in [-0.1, -0.05) is 0 Å². The number of nitrogens with zero attached hydrogens (tertiary/aromatic N) is 4. The standard InChI is InChI=1S/C22H24N4O4S/c1-15-16(2)24-21-14-17(4-9-20(21)23-15)22(27)25-10-12-26(13-11-25)31(28,29)19-7-5-18(30-3)6-8-19/h4-9,14H,10-13H2,1-3H3. The summed E-state index contributed by atoms with van der Waals surface area (Å²) < 4.78 is 32.3. The Morgan fingerprint density at radius 1 is 0.903 bits per heavy atom. The number of carbonyl (C=O) groups excluding carboxylic acids is 1. The van der Waals surface area contributed by atoms with Crippen molar-refractivity contribution in [2.75, 3.05) is 33.3 Å². The number of hydrogen-bond donors (Lipinski definition) is 0. The molecular weight excluding hydrogens is 416 g/mol. The third-order valence-electron chi connectivity index (χ3n) is 5.55. The second kappa shape index (κ2) is 8.24. The van der Waals surface area contributed by atoms with Crippen LogP contribution in [0.2, 0.25) is 0 Å². The highest BCUT2D eigenvalue weighted by molar-refractivity contribution is 7.89. The lowest BCUT2D eigenvalue weighted by Gasteiger charge is -2.34. The fourth-order valence-electron chi connectivity index (χ4n) is 3.57. The Morgan fingerprint density at radius 3 is 2.13 bits per heavy atom. The van der Waals surface area contributed by atoms with Crippen molar-refractivity contribution in [2.24, 2.45) is 0 Å². The van der Waals surface area contributed by atoms with Gasteiger partial charge in [-0.2, -0.15) is 4.31 Å². The summed E-state index contributed by atoms with van der Waals surface area (Å²) in [5.41, 5.74) is 3.64. The molecule has 2 heterocycles. The van der Waals surface area contributed by atoms with Gasteiger partial charge in [-0.05, 0) is 56.3 Å². The molecule has 0 spiro atoms. The number of benzene rings is 2. The second-order valence-corrected chi connectivity index (χ2v) is 9.41. The zero-order chi connectivity index (χ0) is 22.2. The molecule has 1 aliphatic rings. The molecule has 0 bridgehead atoms. The molecule has 2 aromatic carbocycles. The minimum Gasteiger partial charge on any atom is -0.497 e. The highest BCUT2D eigenvalue weighted by atomic mass is 32.2. The molecule has 1 amide bonds. The van der Waals surface area contributed by atoms with Crippen LogP contribution >= 0.6 is 0 Å². The Morgan fingerprint density at radius 2 is 1.52 bits per heavy atom. The smallest absolute Gasteiger partial charge is 0.254 e. The molecule has 31 heavy (non-hydrogen) atoms. The molecule has 0 unspecified atom stereocenters. The molecule has 0 saturated carbocycles. The first-order valence-electron chi connectivity index (χ1n) is 9.98. The molecule has 0 atom stereocenters. The Hall–Kier alpha value is -3.04. The van der Waals surface area contributed by atoms with E-state index in [1.165, 1.54) is 23.5 Å². The summed E-state index contributed by atoms with van der Waals surface area (Å²) in [6.07, 6.45) is 0. The van der Waals surface area contributed by atoms with Crippen molar-refractivity contribution >= 4 is 27.0 Å². The van der Waals surface area contributed by atoms with Crippen molar-refractivity contribution in [1.82, 2.24) is 19.2 Å². The van der Waals surface area contributed by atoms with E-state index >= 15 is 0 Å². The van der Waals surface area contributed by atoms with Gasteiger partial charge < -0.3 is 9.64 Å². The topological polar surface area (TPSA) is 92.7 Å². The normalized spacial score (nSPS) is 15.3. The van der Waals surface area contributed by atoms with Crippen LogP contribution in [0, 0.1) is 13.8 Å². The quantitative estimate of drug-likeness (QED) is 0.619. The fourth-order valence-corrected chi connectivity index (χ4v) is 5.00. The number of carbonyl (C=O) groups is 1. The van der Waals surface area contributed by atoms with Gasteiger partial charge in [-0.25, -0.2) is 18.4 Å². The first-order valence-corrected chi connectivity index (χ1v) is 11.4. The summed E-state index contributed by atoms with van der Waals surface area (Å²) in [6.45, 7) is 4.92. The number of piperazine rings is 1. The summed E-state index contributed by atoms with van der Waals surface area (Å²) in [6, 6.07) is 11.6. The Kier molecular flexibility index (Phi) is 5.63. The van der Waals surface area contributed by atoms with E-state index in [2.05, 4.69) is 9.97 Å². The molecule has 4 rings (SSSR count). The van der Waals surface area contributed by atoms with Crippen molar-refractivity contribution in [2.45, 2.75) is 18.7 Å². The molecule has 3 aromatic rings. The Labute approximate surface area is 181 Å². The molecule has 1 aliphatic heterocycles. The van der Waals surface area contributed by atoms with E-state index < -0.39 is 10.0 Å². The monoisotopic (exact) mass is 440 g/mol. The summed E-state index contributed by atoms with van der Waals surface area (Å²) in [5.74, 6) is 0.461. The predicted molar refractivity (Wildman–Crippen MR) is 117 cm³/mol. The van der Waals surface area contributed by atoms with Gasteiger partial charge in [0.1, 0.15) is 5.75 Å². The van der Waals surface area contributed by atoms with Gasteiger partial charge in [0.25, 0.3) is 5.91 Å². The third-order valence-corrected chi connectivity index (χ3v) is 7.46. The van der Waals surface area contributed by atoms with Crippen LogP contribution in [-0.2, 0) is 10.0 Å². The molecule has 0 N–H and O–H groups in total. The zero-order valence-electron chi connectivity index (χ0n) is 17.7. The van der Waals surface area contributed by atoms with Crippen molar-refractivity contribution in [1.29, 1.82) is 0 Å². The van der Waals surface area contributed by atoms with E-state index in [9.17, 15) is 13.2 Å². The average molecular weight is 441 g/mol. The summed E-state index contributed by atoms with van der Waals surface area (Å²) in [7, 11) is -2.09. The van der Waals surface area contributed by atoms with Crippen LogP contribution in [0.25, 0.3) is 11.0 Å². The van der Waals surface area contributed by atoms with Gasteiger partial charge >= 0.3 is 0 Å². The summed E-state index contributed by atoms with van der Waals surface area (Å²) >= 11 is 0. The van der Waals surface area contributed by atoms with Crippen molar-refractivity contribution in [3.05, 3.63) is 59.4 Å². The maximum Gasteiger partial charge on any atom is 0.254 e. The van der Waals surface area contributed by atoms with E-state index in [0.29, 0.717) is 29.9 Å². The number of rotatable bonds is 4. The van der Waals surface area contributed by atoms with Crippen LogP contribution in [0.15, 0.2) is 47.4 Å². The van der Waals surface area contributed by atoms with Crippen molar-refractivity contribution < 1.29 is 17.9 Å². The maximum absolute atomic E-state index is 13.0. The lowest BCUT2D eigenvalue weighted by molar-refractivity contribution is 0.0698. The molecule has 8 nitrogen and oxygen atoms in total. The van der Waals surface area contributed by atoms with Crippen molar-refractivity contribution in [3.63, 3.8) is 0 Å². The fraction of sp³-hybridized carbons (Fsp3) is 0.318. The molecule has 0 radical (unpaired) electrons. The highest BCUT2D eigenvalue weighted by Gasteiger charge is 2.30. The number of aromatic nitrogens is 2. The number of methoxy groups -OCH3 is 1. The van der Waals surface area contributed by atoms with Crippen LogP contribution in [0.1, 0.15) is 21.7 Å². The van der Waals surface area contributed by atoms with Gasteiger partial charge in [-0.15, -0.1) is 0 Å². The average Bonchev–Trinajstić information content (AvgIpc) is 2.79. The summed E-state index contributed by atoms with van der Waals surface area (Å²) in [4.78, 5) is 23.9.